The van der Waals surface area contributed by atoms with Crippen LogP contribution >= 0.6 is 0 Å². The first-order valence-electron chi connectivity index (χ1n) is 2.86. The van der Waals surface area contributed by atoms with Crippen molar-refractivity contribution in [3.05, 3.63) is 4.95 Å². The monoisotopic (exact) mass is 113 g/mol. The molecular weight excluding hydrogens is 100 g/mol. The molecule has 0 amide bonds. The molecule has 0 aliphatic carbocycles. The van der Waals surface area contributed by atoms with Crippen LogP contribution in [-0.4, -0.2) is 18.1 Å². The third-order valence-corrected chi connectivity index (χ3v) is 1.41. The lowest BCUT2D eigenvalue weighted by Crippen LogP contribution is -2.20. The molecule has 0 fully saturated rings. The van der Waals surface area contributed by atoms with E-state index in [2.05, 4.69) is 18.8 Å². The maximum atomic E-state index is 5.00. The Kier molecular flexibility index (Phi) is 3.02. The van der Waals surface area contributed by atoms with Gasteiger partial charge < -0.3 is 0 Å². The Bertz CT molecular complexity index is 93.2. The van der Waals surface area contributed by atoms with E-state index < -0.39 is 0 Å². The van der Waals surface area contributed by atoms with Crippen LogP contribution in [0.3, 0.4) is 0 Å². The van der Waals surface area contributed by atoms with E-state index >= 15 is 0 Å². The van der Waals surface area contributed by atoms with Crippen LogP contribution in [0.5, 0.6) is 0 Å². The highest BCUT2D eigenvalue weighted by molar-refractivity contribution is 4.66. The molecule has 8 heavy (non-hydrogen) atoms. The fourth-order valence-corrected chi connectivity index (χ4v) is 0.378. The van der Waals surface area contributed by atoms with Crippen LogP contribution in [0, 0.1) is 6.57 Å². The summed E-state index contributed by atoms with van der Waals surface area (Å²) >= 11 is 0. The molecule has 1 atom stereocenters. The summed E-state index contributed by atoms with van der Waals surface area (Å²) in [4.78, 5) is 3.49. The van der Waals surface area contributed by atoms with Gasteiger partial charge in [0, 0.05) is 0 Å². The maximum absolute atomic E-state index is 5.00. The lowest BCUT2D eigenvalue weighted by Gasteiger charge is -2.05. The summed E-state index contributed by atoms with van der Waals surface area (Å²) in [5, 5.41) is 1.75. The third-order valence-electron chi connectivity index (χ3n) is 1.41. The zero-order valence-electron chi connectivity index (χ0n) is 5.76. The fraction of sp³-hybridized carbons (Fsp3) is 0.833. The predicted molar refractivity (Wildman–Crippen MR) is 35.8 cm³/mol. The molecule has 0 heterocycles. The highest BCUT2D eigenvalue weighted by Gasteiger charge is 2.09. The van der Waals surface area contributed by atoms with Gasteiger partial charge in [-0.05, 0) is 13.3 Å². The van der Waals surface area contributed by atoms with E-state index in [4.69, 9.17) is 6.57 Å². The second kappa shape index (κ2) is 3.31. The molecule has 0 aromatic carbocycles. The van der Waals surface area contributed by atoms with Gasteiger partial charge in [0.1, 0.15) is 0 Å². The van der Waals surface area contributed by atoms with E-state index in [1.165, 1.54) is 0 Å². The molecule has 0 N–H and O–H groups in total. The van der Waals surface area contributed by atoms with Crippen LogP contribution < -0.4 is 0 Å². The SMILES string of the molecule is C#[N+]N(C)C(C)CC. The minimum Gasteiger partial charge on any atom is -0.0700 e. The maximum Gasteiger partial charge on any atom is 0.304 e. The first-order chi connectivity index (χ1) is 3.72. The number of rotatable bonds is 2. The standard InChI is InChI=1S/C6H13N2/c1-5-6(2)8(4)7-3/h3,6H,5H2,1-2,4H3/q+1. The Morgan fingerprint density at radius 2 is 2.25 bits per heavy atom. The van der Waals surface area contributed by atoms with E-state index in [1.54, 1.807) is 5.01 Å². The van der Waals surface area contributed by atoms with Gasteiger partial charge in [0.05, 0.1) is 18.0 Å². The summed E-state index contributed by atoms with van der Waals surface area (Å²) in [5.74, 6) is 0. The van der Waals surface area contributed by atoms with Gasteiger partial charge in [-0.25, -0.2) is 0 Å². The highest BCUT2D eigenvalue weighted by Crippen LogP contribution is 1.98. The molecule has 0 spiro atoms. The predicted octanol–water partition coefficient (Wildman–Crippen LogP) is 1.59. The van der Waals surface area contributed by atoms with Crippen molar-refractivity contribution in [2.45, 2.75) is 26.3 Å². The molecule has 1 unspecified atom stereocenters. The average Bonchev–Trinajstić information content (AvgIpc) is 1.84. The van der Waals surface area contributed by atoms with Gasteiger partial charge in [0.2, 0.25) is 0 Å². The first-order valence-corrected chi connectivity index (χ1v) is 2.86. The molecule has 2 nitrogen and oxygen atoms in total. The van der Waals surface area contributed by atoms with E-state index in [1.807, 2.05) is 7.05 Å². The van der Waals surface area contributed by atoms with Crippen LogP contribution in [0.25, 0.3) is 4.95 Å². The van der Waals surface area contributed by atoms with Gasteiger partial charge in [-0.1, -0.05) is 11.9 Å². The Labute approximate surface area is 50.9 Å². The van der Waals surface area contributed by atoms with Gasteiger partial charge in [-0.15, -0.1) is 0 Å². The molecule has 0 aliphatic heterocycles. The summed E-state index contributed by atoms with van der Waals surface area (Å²) in [7, 11) is 1.87. The minimum atomic E-state index is 0.458. The van der Waals surface area contributed by atoms with Gasteiger partial charge >= 0.3 is 6.57 Å². The van der Waals surface area contributed by atoms with Crippen LogP contribution in [0.2, 0.25) is 0 Å². The number of nitrogens with zero attached hydrogens (tertiary/aromatic N) is 2. The molecule has 0 aromatic rings. The Morgan fingerprint density at radius 3 is 2.38 bits per heavy atom. The van der Waals surface area contributed by atoms with Crippen molar-refractivity contribution in [3.63, 3.8) is 0 Å². The van der Waals surface area contributed by atoms with E-state index in [0.29, 0.717) is 6.04 Å². The summed E-state index contributed by atoms with van der Waals surface area (Å²) < 4.78 is 0. The van der Waals surface area contributed by atoms with E-state index in [9.17, 15) is 0 Å². The fourth-order valence-electron chi connectivity index (χ4n) is 0.378. The van der Waals surface area contributed by atoms with Crippen molar-refractivity contribution in [2.75, 3.05) is 7.05 Å². The molecule has 46 valence electrons. The van der Waals surface area contributed by atoms with Crippen molar-refractivity contribution >= 4 is 0 Å². The molecule has 0 bridgehead atoms. The smallest absolute Gasteiger partial charge is 0.0700 e. The van der Waals surface area contributed by atoms with Gasteiger partial charge in [-0.2, -0.15) is 0 Å². The summed E-state index contributed by atoms with van der Waals surface area (Å²) in [6.07, 6.45) is 1.08. The van der Waals surface area contributed by atoms with E-state index in [0.717, 1.165) is 6.42 Å². The van der Waals surface area contributed by atoms with Gasteiger partial charge in [0.25, 0.3) is 0 Å². The zero-order chi connectivity index (χ0) is 6.57. The number of hydrogen-bond acceptors (Lipinski definition) is 1. The molecule has 2 heteroatoms. The molecule has 0 rings (SSSR count). The average molecular weight is 113 g/mol. The van der Waals surface area contributed by atoms with Crippen molar-refractivity contribution in [2.24, 2.45) is 0 Å². The summed E-state index contributed by atoms with van der Waals surface area (Å²) in [6, 6.07) is 0.458. The molecule has 0 aliphatic rings. The Morgan fingerprint density at radius 1 is 1.75 bits per heavy atom. The Balaban J connectivity index is 3.49. The van der Waals surface area contributed by atoms with Crippen LogP contribution in [0.15, 0.2) is 0 Å². The second-order valence-electron chi connectivity index (χ2n) is 1.95. The van der Waals surface area contributed by atoms with Crippen LogP contribution in [0.4, 0.5) is 0 Å². The van der Waals surface area contributed by atoms with Gasteiger partial charge in [0.15, 0.2) is 0 Å². The first kappa shape index (κ1) is 7.29. The molecule has 0 saturated carbocycles. The van der Waals surface area contributed by atoms with Crippen LogP contribution in [0.1, 0.15) is 20.3 Å². The van der Waals surface area contributed by atoms with Crippen molar-refractivity contribution in [1.29, 1.82) is 0 Å². The summed E-state index contributed by atoms with van der Waals surface area (Å²) in [6.45, 7) is 9.18. The van der Waals surface area contributed by atoms with Gasteiger partial charge in [-0.3, -0.25) is 0 Å². The van der Waals surface area contributed by atoms with Crippen molar-refractivity contribution in [1.82, 2.24) is 5.01 Å². The summed E-state index contributed by atoms with van der Waals surface area (Å²) in [5.41, 5.74) is 0. The third kappa shape index (κ3) is 1.83. The molecular formula is C6H13N2+. The molecule has 0 saturated heterocycles. The lowest BCUT2D eigenvalue weighted by molar-refractivity contribution is 0.340. The normalized spacial score (nSPS) is 12.2. The lowest BCUT2D eigenvalue weighted by atomic mass is 10.3. The quantitative estimate of drug-likeness (QED) is 0.493. The largest absolute Gasteiger partial charge is 0.304 e. The zero-order valence-corrected chi connectivity index (χ0v) is 5.76. The number of hydrogen-bond donors (Lipinski definition) is 0. The topological polar surface area (TPSA) is 7.60 Å². The minimum absolute atomic E-state index is 0.458. The molecule has 0 aromatic heterocycles. The highest BCUT2D eigenvalue weighted by atomic mass is 15.4. The second-order valence-corrected chi connectivity index (χ2v) is 1.95. The molecule has 0 radical (unpaired) electrons. The van der Waals surface area contributed by atoms with E-state index in [-0.39, 0.29) is 0 Å². The van der Waals surface area contributed by atoms with Crippen LogP contribution in [-0.2, 0) is 0 Å². The van der Waals surface area contributed by atoms with Crippen molar-refractivity contribution < 1.29 is 0 Å². The Hall–Kier alpha value is -0.710. The van der Waals surface area contributed by atoms with Crippen molar-refractivity contribution in [3.8, 4) is 6.57 Å².